The van der Waals surface area contributed by atoms with Gasteiger partial charge < -0.3 is 51.4 Å². The van der Waals surface area contributed by atoms with Crippen molar-refractivity contribution in [1.29, 1.82) is 0 Å². The van der Waals surface area contributed by atoms with Crippen LogP contribution in [0.4, 0.5) is 0 Å². The summed E-state index contributed by atoms with van der Waals surface area (Å²) in [5.74, 6) is 1.68. The summed E-state index contributed by atoms with van der Waals surface area (Å²) in [5, 5.41) is 13.3. The number of hydrogen-bond acceptors (Lipinski definition) is 14. The van der Waals surface area contributed by atoms with E-state index < -0.39 is 0 Å². The van der Waals surface area contributed by atoms with Crippen molar-refractivity contribution in [2.75, 3.05) is 32.7 Å². The number of aromatic nitrogens is 7. The molecule has 0 spiro atoms. The molecular formula is C104H95Cl5N12O6S. The minimum absolute atomic E-state index is 0.0554. The first-order chi connectivity index (χ1) is 63.0. The maximum atomic E-state index is 6.29. The summed E-state index contributed by atoms with van der Waals surface area (Å²) in [7, 11) is 0. The average molecular weight is 1820 g/mol. The van der Waals surface area contributed by atoms with Gasteiger partial charge in [0.15, 0.2) is 0 Å². The van der Waals surface area contributed by atoms with E-state index in [1.165, 1.54) is 154 Å². The van der Waals surface area contributed by atoms with E-state index in [0.717, 1.165) is 167 Å². The molecule has 0 bridgehead atoms. The Morgan fingerprint density at radius 2 is 0.719 bits per heavy atom. The number of thiazole rings is 1. The van der Waals surface area contributed by atoms with Crippen molar-refractivity contribution in [2.45, 2.75) is 127 Å². The van der Waals surface area contributed by atoms with E-state index in [1.807, 2.05) is 116 Å². The van der Waals surface area contributed by atoms with Crippen LogP contribution in [0, 0.1) is 5.92 Å². The maximum absolute atomic E-state index is 6.29. The summed E-state index contributed by atoms with van der Waals surface area (Å²) in [4.78, 5) is 39.7. The molecule has 19 aromatic rings. The van der Waals surface area contributed by atoms with Gasteiger partial charge in [0.25, 0.3) is 0 Å². The fourth-order valence-electron chi connectivity index (χ4n) is 20.9. The number of benzene rings is 6. The van der Waals surface area contributed by atoms with Crippen molar-refractivity contribution in [3.05, 3.63) is 400 Å². The number of furan rings is 6. The van der Waals surface area contributed by atoms with Crippen LogP contribution < -0.4 is 0 Å². The molecule has 18 heterocycles. The fraction of sp³-hybridized carbons (Fsp3) is 0.250. The number of aromatic amines is 5. The smallest absolute Gasteiger partial charge is 0.126 e. The van der Waals surface area contributed by atoms with Gasteiger partial charge in [-0.25, -0.2) is 4.98 Å². The lowest BCUT2D eigenvalue weighted by molar-refractivity contribution is 0.0972. The topological polar surface area (TPSA) is 200 Å². The average Bonchev–Trinajstić information content (AvgIpc) is 1.62. The molecule has 6 aliphatic rings. The molecule has 13 aromatic heterocycles. The lowest BCUT2D eigenvalue weighted by Crippen LogP contribution is -2.39. The molecule has 1 saturated carbocycles. The first kappa shape index (κ1) is 83.6. The highest BCUT2D eigenvalue weighted by molar-refractivity contribution is 7.09. The number of hydrogen-bond donors (Lipinski definition) is 5. The van der Waals surface area contributed by atoms with Gasteiger partial charge in [-0.1, -0.05) is 108 Å². The molecule has 5 aliphatic heterocycles. The summed E-state index contributed by atoms with van der Waals surface area (Å²) in [6, 6.07) is 60.6. The Morgan fingerprint density at radius 1 is 0.336 bits per heavy atom. The second kappa shape index (κ2) is 37.4. The van der Waals surface area contributed by atoms with Crippen molar-refractivity contribution in [3.63, 3.8) is 0 Å². The van der Waals surface area contributed by atoms with E-state index in [4.69, 9.17) is 84.5 Å². The van der Waals surface area contributed by atoms with Crippen molar-refractivity contribution in [1.82, 2.24) is 59.4 Å². The summed E-state index contributed by atoms with van der Waals surface area (Å²) in [6.45, 7) is 9.37. The molecular weight excluding hydrogens is 1720 g/mol. The molecule has 6 aromatic carbocycles. The highest BCUT2D eigenvalue weighted by Crippen LogP contribution is 2.48. The van der Waals surface area contributed by atoms with Gasteiger partial charge in [-0.05, 0) is 235 Å². The Balaban J connectivity index is 0.0000000973. The van der Waals surface area contributed by atoms with Crippen LogP contribution in [0.5, 0.6) is 0 Å². The summed E-state index contributed by atoms with van der Waals surface area (Å²) < 4.78 is 32.2. The third-order valence-electron chi connectivity index (χ3n) is 26.6. The molecule has 0 amide bonds. The van der Waals surface area contributed by atoms with Gasteiger partial charge in [0, 0.05) is 225 Å². The Hall–Kier alpha value is -11.3. The third-order valence-corrected chi connectivity index (χ3v) is 28.6. The zero-order valence-corrected chi connectivity index (χ0v) is 75.0. The molecule has 18 nitrogen and oxygen atoms in total. The quantitative estimate of drug-likeness (QED) is 0.0650. The van der Waals surface area contributed by atoms with Crippen LogP contribution in [0.2, 0.25) is 25.1 Å². The largest absolute Gasteiger partial charge is 0.472 e. The van der Waals surface area contributed by atoms with Crippen LogP contribution in [0.3, 0.4) is 0 Å². The normalized spacial score (nSPS) is 18.6. The fourth-order valence-corrected chi connectivity index (χ4v) is 22.5. The van der Waals surface area contributed by atoms with Gasteiger partial charge in [-0.3, -0.25) is 29.5 Å². The van der Waals surface area contributed by atoms with Gasteiger partial charge in [0.05, 0.1) is 87.0 Å². The molecule has 5 unspecified atom stereocenters. The highest BCUT2D eigenvalue weighted by atomic mass is 35.5. The van der Waals surface area contributed by atoms with E-state index in [-0.39, 0.29) is 24.2 Å². The van der Waals surface area contributed by atoms with Gasteiger partial charge in [-0.15, -0.1) is 11.3 Å². The Morgan fingerprint density at radius 3 is 1.13 bits per heavy atom. The Kier molecular flexibility index (Phi) is 24.5. The molecule has 1 aliphatic carbocycles. The van der Waals surface area contributed by atoms with Gasteiger partial charge in [0.1, 0.15) is 22.9 Å². The van der Waals surface area contributed by atoms with Gasteiger partial charge in [0.2, 0.25) is 0 Å². The monoisotopic (exact) mass is 1810 g/mol. The van der Waals surface area contributed by atoms with Crippen molar-refractivity contribution in [2.24, 2.45) is 5.92 Å². The van der Waals surface area contributed by atoms with Crippen LogP contribution in [-0.2, 0) is 64.8 Å². The first-order valence-electron chi connectivity index (χ1n) is 44.1. The third kappa shape index (κ3) is 17.4. The van der Waals surface area contributed by atoms with Crippen LogP contribution in [0.1, 0.15) is 168 Å². The number of rotatable bonds is 15. The van der Waals surface area contributed by atoms with E-state index in [0.29, 0.717) is 6.04 Å². The predicted molar refractivity (Wildman–Crippen MR) is 509 cm³/mol. The number of nitrogens with one attached hydrogen (secondary N) is 5. The second-order valence-corrected chi connectivity index (χ2v) is 37.4. The van der Waals surface area contributed by atoms with E-state index in [2.05, 4.69) is 169 Å². The second-order valence-electron chi connectivity index (χ2n) is 34.3. The summed E-state index contributed by atoms with van der Waals surface area (Å²) >= 11 is 33.0. The number of nitrogens with zero attached hydrogens (tertiary/aromatic N) is 7. The number of halogens is 5. The van der Waals surface area contributed by atoms with Gasteiger partial charge in [-0.2, -0.15) is 0 Å². The molecule has 0 saturated heterocycles. The van der Waals surface area contributed by atoms with Crippen LogP contribution in [0.15, 0.2) is 295 Å². The molecule has 5 atom stereocenters. The summed E-state index contributed by atoms with van der Waals surface area (Å²) in [6.07, 6.45) is 37.1. The number of fused-ring (bicyclic) bond motifs is 15. The Bertz CT molecular complexity index is 6500. The first-order valence-corrected chi connectivity index (χ1v) is 46.9. The molecule has 0 radical (unpaired) electrons. The molecule has 1 fully saturated rings. The van der Waals surface area contributed by atoms with Crippen LogP contribution in [0.25, 0.3) is 54.5 Å². The van der Waals surface area contributed by atoms with E-state index in [1.54, 1.807) is 55.2 Å². The number of H-pyrrole nitrogens is 5. The predicted octanol–water partition coefficient (Wildman–Crippen LogP) is 26.8. The Labute approximate surface area is 769 Å². The van der Waals surface area contributed by atoms with Gasteiger partial charge >= 0.3 is 0 Å². The minimum Gasteiger partial charge on any atom is -0.472 e. The van der Waals surface area contributed by atoms with E-state index >= 15 is 0 Å². The van der Waals surface area contributed by atoms with Crippen molar-refractivity contribution >= 4 is 124 Å². The molecule has 24 heteroatoms. The van der Waals surface area contributed by atoms with Crippen molar-refractivity contribution < 1.29 is 26.5 Å². The highest BCUT2D eigenvalue weighted by Gasteiger charge is 2.40. The standard InChI is InChI=1S/C23H20ClN3.C22H25ClN2O.2C20H17ClN2O2.C19H16ClN3OS/c24-18-6-7-21-20(14-18)19-10-13-27(15-16-4-2-1-3-5-16)23(22(19)26-21)17-8-11-25-12-9-17;23-17-6-7-20-19(12-17)18-8-10-25(13-15-9-11-26-14-15)22(21(18)24-20)16-4-2-1-3-5-16;21-15-1-2-18-17(9-15)16-3-6-23(10-13-4-7-24-11-13)20(19(16)22-18)14-5-8-25-12-14;21-14-3-4-17-16(10-14)15-5-7-23(11-13-6-9-24-12-13)20(19(15)22-17)18-2-1-8-25-18;20-13-1-2-16-15(9-13)14-3-6-23(10-12-4-7-24-11-12)18(17(14)22-16)19-21-5-8-25-19/h1-9,11-12,14,23,26H,10,13,15H2;6-7,9,11-12,14,16,22,24H,1-5,8,10,13H2;1-2,4-5,7-9,11-12,20,22H,3,6,10H2;1-4,6,8-10,12,20,22H,5,7,11H2;1-2,4-5,7-9,11,18,22H,3,6,10H2. The molecule has 5 N–H and O–H groups in total. The van der Waals surface area contributed by atoms with Crippen LogP contribution >= 0.6 is 69.3 Å². The maximum Gasteiger partial charge on any atom is 0.126 e. The van der Waals surface area contributed by atoms with Crippen LogP contribution in [-0.4, -0.2) is 92.1 Å². The molecule has 128 heavy (non-hydrogen) atoms. The zero-order chi connectivity index (χ0) is 86.1. The molecule has 25 rings (SSSR count). The minimum atomic E-state index is 0.0554. The zero-order valence-electron chi connectivity index (χ0n) is 70.4. The lowest BCUT2D eigenvalue weighted by atomic mass is 9.79. The van der Waals surface area contributed by atoms with Crippen molar-refractivity contribution in [3.8, 4) is 0 Å². The SMILES string of the molecule is Clc1ccc2[nH]c3c(c2c1)CCN(Cc1ccccc1)C3c1ccncc1.Clc1ccc2[nH]c3c(c2c1)CCN(Cc1ccoc1)C3C1CCCCC1.Clc1ccc2[nH]c3c(c2c1)CCN(Cc1ccoc1)C3c1ccco1.Clc1ccc2[nH]c3c(c2c1)CCN(Cc1ccoc1)C3c1ccoc1.Clc1ccc2[nH]c3c(c2c1)CCN(Cc1ccoc1)C3c1nccs1. The van der Waals surface area contributed by atoms with E-state index in [9.17, 15) is 0 Å². The number of pyridine rings is 1. The summed E-state index contributed by atoms with van der Waals surface area (Å²) in [5.41, 5.74) is 27.6. The molecule has 648 valence electrons. The lowest BCUT2D eigenvalue weighted by Gasteiger charge is -2.41.